The number of sulfonamides is 1. The molecule has 5 nitrogen and oxygen atoms in total. The number of hydrogen-bond donors (Lipinski definition) is 1. The fourth-order valence-corrected chi connectivity index (χ4v) is 3.77. The van der Waals surface area contributed by atoms with Crippen molar-refractivity contribution in [3.8, 4) is 0 Å². The van der Waals surface area contributed by atoms with Crippen molar-refractivity contribution in [2.24, 2.45) is 11.7 Å². The van der Waals surface area contributed by atoms with E-state index in [1.165, 1.54) is 10.5 Å². The van der Waals surface area contributed by atoms with E-state index in [0.29, 0.717) is 13.1 Å². The molecule has 2 rings (SSSR count). The molecular formula is C12H19N3O2S. The van der Waals surface area contributed by atoms with Crippen molar-refractivity contribution in [1.29, 1.82) is 0 Å². The molecule has 0 amide bonds. The first kappa shape index (κ1) is 13.5. The highest BCUT2D eigenvalue weighted by Crippen LogP contribution is 2.24. The number of nitrogens with zero attached hydrogens (tertiary/aromatic N) is 2. The Morgan fingerprint density at radius 3 is 2.94 bits per heavy atom. The lowest BCUT2D eigenvalue weighted by Crippen LogP contribution is -2.44. The second kappa shape index (κ2) is 5.34. The van der Waals surface area contributed by atoms with E-state index in [-0.39, 0.29) is 16.9 Å². The number of piperidine rings is 1. The maximum absolute atomic E-state index is 12.4. The summed E-state index contributed by atoms with van der Waals surface area (Å²) in [6.45, 7) is 3.01. The second-order valence-corrected chi connectivity index (χ2v) is 6.75. The van der Waals surface area contributed by atoms with E-state index in [9.17, 15) is 8.42 Å². The van der Waals surface area contributed by atoms with Crippen LogP contribution in [-0.2, 0) is 10.0 Å². The summed E-state index contributed by atoms with van der Waals surface area (Å²) in [4.78, 5) is 4.13. The van der Waals surface area contributed by atoms with Crippen LogP contribution >= 0.6 is 0 Å². The molecule has 2 heterocycles. The highest BCUT2D eigenvalue weighted by molar-refractivity contribution is 7.89. The average molecular weight is 269 g/mol. The van der Waals surface area contributed by atoms with Crippen LogP contribution in [0.1, 0.15) is 19.8 Å². The lowest BCUT2D eigenvalue weighted by atomic mass is 9.93. The Bertz CT molecular complexity index is 487. The molecule has 0 radical (unpaired) electrons. The second-order valence-electron chi connectivity index (χ2n) is 4.81. The zero-order valence-corrected chi connectivity index (χ0v) is 11.3. The quantitative estimate of drug-likeness (QED) is 0.881. The van der Waals surface area contributed by atoms with Gasteiger partial charge in [0, 0.05) is 31.5 Å². The molecule has 0 bridgehead atoms. The zero-order chi connectivity index (χ0) is 13.2. The molecule has 1 aromatic heterocycles. The van der Waals surface area contributed by atoms with Crippen LogP contribution in [0.2, 0.25) is 0 Å². The summed E-state index contributed by atoms with van der Waals surface area (Å²) in [5, 5.41) is 0. The molecule has 0 aliphatic carbocycles. The Kier molecular flexibility index (Phi) is 3.99. The van der Waals surface area contributed by atoms with Gasteiger partial charge in [-0.1, -0.05) is 0 Å². The third-order valence-electron chi connectivity index (χ3n) is 3.44. The van der Waals surface area contributed by atoms with E-state index in [2.05, 4.69) is 4.98 Å². The molecule has 0 saturated carbocycles. The zero-order valence-electron chi connectivity index (χ0n) is 10.5. The van der Waals surface area contributed by atoms with Crippen molar-refractivity contribution in [3.05, 3.63) is 24.5 Å². The molecule has 0 unspecified atom stereocenters. The van der Waals surface area contributed by atoms with Crippen LogP contribution in [0.15, 0.2) is 29.4 Å². The van der Waals surface area contributed by atoms with Crippen molar-refractivity contribution in [1.82, 2.24) is 9.29 Å². The first-order chi connectivity index (χ1) is 8.51. The van der Waals surface area contributed by atoms with E-state index < -0.39 is 10.0 Å². The summed E-state index contributed by atoms with van der Waals surface area (Å²) in [6.07, 6.45) is 4.83. The molecule has 1 aliphatic rings. The van der Waals surface area contributed by atoms with Gasteiger partial charge in [0.25, 0.3) is 0 Å². The van der Waals surface area contributed by atoms with Gasteiger partial charge in [-0.3, -0.25) is 4.98 Å². The van der Waals surface area contributed by atoms with Crippen LogP contribution in [0.5, 0.6) is 0 Å². The molecule has 2 N–H and O–H groups in total. The van der Waals surface area contributed by atoms with Gasteiger partial charge in [0.05, 0.1) is 0 Å². The Morgan fingerprint density at radius 1 is 1.56 bits per heavy atom. The largest absolute Gasteiger partial charge is 0.328 e. The maximum atomic E-state index is 12.4. The van der Waals surface area contributed by atoms with Gasteiger partial charge in [0.1, 0.15) is 4.90 Å². The van der Waals surface area contributed by atoms with Crippen molar-refractivity contribution in [3.63, 3.8) is 0 Å². The summed E-state index contributed by atoms with van der Waals surface area (Å²) in [5.41, 5.74) is 5.88. The Labute approximate surface area is 108 Å². The molecule has 2 atom stereocenters. The number of aromatic nitrogens is 1. The van der Waals surface area contributed by atoms with Crippen molar-refractivity contribution in [2.75, 3.05) is 13.1 Å². The monoisotopic (exact) mass is 269 g/mol. The number of pyridine rings is 1. The van der Waals surface area contributed by atoms with E-state index in [4.69, 9.17) is 5.73 Å². The molecule has 1 saturated heterocycles. The lowest BCUT2D eigenvalue weighted by molar-refractivity contribution is 0.243. The Balaban J connectivity index is 2.21. The maximum Gasteiger partial charge on any atom is 0.244 e. The predicted molar refractivity (Wildman–Crippen MR) is 69.4 cm³/mol. The number of rotatable bonds is 3. The summed E-state index contributed by atoms with van der Waals surface area (Å²) in [5.74, 6) is 0.241. The van der Waals surface area contributed by atoms with E-state index in [1.807, 2.05) is 6.92 Å². The van der Waals surface area contributed by atoms with Crippen LogP contribution in [-0.4, -0.2) is 36.8 Å². The van der Waals surface area contributed by atoms with Gasteiger partial charge >= 0.3 is 0 Å². The summed E-state index contributed by atoms with van der Waals surface area (Å²) >= 11 is 0. The lowest BCUT2D eigenvalue weighted by Gasteiger charge is -2.33. The SMILES string of the molecule is C[C@H](N)[C@H]1CCCN(S(=O)(=O)c2cccnc2)C1. The minimum absolute atomic E-state index is 0.0249. The summed E-state index contributed by atoms with van der Waals surface area (Å²) in [6, 6.07) is 3.24. The molecule has 1 aromatic rings. The molecule has 1 aliphatic heterocycles. The fourth-order valence-electron chi connectivity index (χ4n) is 2.27. The van der Waals surface area contributed by atoms with Gasteiger partial charge in [0.2, 0.25) is 10.0 Å². The van der Waals surface area contributed by atoms with E-state index in [0.717, 1.165) is 12.8 Å². The van der Waals surface area contributed by atoms with Gasteiger partial charge < -0.3 is 5.73 Å². The minimum Gasteiger partial charge on any atom is -0.328 e. The van der Waals surface area contributed by atoms with Crippen LogP contribution in [0.25, 0.3) is 0 Å². The predicted octanol–water partition coefficient (Wildman–Crippen LogP) is 0.829. The van der Waals surface area contributed by atoms with Crippen molar-refractivity contribution < 1.29 is 8.42 Å². The van der Waals surface area contributed by atoms with Crippen molar-refractivity contribution >= 4 is 10.0 Å². The third-order valence-corrected chi connectivity index (χ3v) is 5.29. The first-order valence-electron chi connectivity index (χ1n) is 6.17. The van der Waals surface area contributed by atoms with Crippen LogP contribution in [0.3, 0.4) is 0 Å². The minimum atomic E-state index is -3.41. The van der Waals surface area contributed by atoms with Crippen LogP contribution in [0, 0.1) is 5.92 Å². The van der Waals surface area contributed by atoms with E-state index in [1.54, 1.807) is 18.3 Å². The fraction of sp³-hybridized carbons (Fsp3) is 0.583. The highest BCUT2D eigenvalue weighted by Gasteiger charge is 2.31. The molecular weight excluding hydrogens is 250 g/mol. The topological polar surface area (TPSA) is 76.3 Å². The summed E-state index contributed by atoms with van der Waals surface area (Å²) in [7, 11) is -3.41. The molecule has 6 heteroatoms. The summed E-state index contributed by atoms with van der Waals surface area (Å²) < 4.78 is 26.3. The Hall–Kier alpha value is -0.980. The number of nitrogens with two attached hydrogens (primary N) is 1. The molecule has 18 heavy (non-hydrogen) atoms. The van der Waals surface area contributed by atoms with Gasteiger partial charge in [-0.2, -0.15) is 4.31 Å². The van der Waals surface area contributed by atoms with E-state index >= 15 is 0 Å². The first-order valence-corrected chi connectivity index (χ1v) is 7.61. The smallest absolute Gasteiger partial charge is 0.244 e. The average Bonchev–Trinajstić information content (AvgIpc) is 2.40. The van der Waals surface area contributed by atoms with Gasteiger partial charge in [-0.25, -0.2) is 8.42 Å². The molecule has 1 fully saturated rings. The standard InChI is InChI=1S/C12H19N3O2S/c1-10(13)11-4-3-7-15(9-11)18(16,17)12-5-2-6-14-8-12/h2,5-6,8,10-11H,3-4,7,9,13H2,1H3/t10-,11-/m0/s1. The molecule has 0 aromatic carbocycles. The van der Waals surface area contributed by atoms with Gasteiger partial charge in [0.15, 0.2) is 0 Å². The number of hydrogen-bond acceptors (Lipinski definition) is 4. The van der Waals surface area contributed by atoms with Crippen LogP contribution < -0.4 is 5.73 Å². The molecule has 0 spiro atoms. The Morgan fingerprint density at radius 2 is 2.33 bits per heavy atom. The third kappa shape index (κ3) is 2.71. The van der Waals surface area contributed by atoms with Crippen LogP contribution in [0.4, 0.5) is 0 Å². The van der Waals surface area contributed by atoms with Crippen molar-refractivity contribution in [2.45, 2.75) is 30.7 Å². The highest BCUT2D eigenvalue weighted by atomic mass is 32.2. The van der Waals surface area contributed by atoms with Gasteiger partial charge in [-0.05, 0) is 37.8 Å². The molecule has 100 valence electrons. The normalized spacial score (nSPS) is 23.8. The van der Waals surface area contributed by atoms with Gasteiger partial charge in [-0.15, -0.1) is 0 Å².